The van der Waals surface area contributed by atoms with Crippen LogP contribution in [0.1, 0.15) is 23.0 Å². The van der Waals surface area contributed by atoms with Crippen LogP contribution >= 0.6 is 12.8 Å². The van der Waals surface area contributed by atoms with Crippen molar-refractivity contribution in [3.63, 3.8) is 0 Å². The Morgan fingerprint density at radius 3 is 2.83 bits per heavy atom. The first-order valence-corrected chi connectivity index (χ1v) is 4.12. The molecule has 0 spiro atoms. The Labute approximate surface area is 76.7 Å². The van der Waals surface area contributed by atoms with Gasteiger partial charge in [-0.05, 0) is 18.1 Å². The van der Waals surface area contributed by atoms with Gasteiger partial charge in [0.2, 0.25) is 0 Å². The van der Waals surface area contributed by atoms with Crippen LogP contribution in [-0.2, 0) is 6.42 Å². The van der Waals surface area contributed by atoms with E-state index in [1.54, 1.807) is 12.3 Å². The standard InChI is InChI=1S/C8H10N2OS/c1-2-6-3-4-7(9-5-6)8(11)10-12/h3-5,12H,2H2,1H3,(H,10,11). The van der Waals surface area contributed by atoms with E-state index in [0.717, 1.165) is 12.0 Å². The summed E-state index contributed by atoms with van der Waals surface area (Å²) in [7, 11) is 0. The predicted octanol–water partition coefficient (Wildman–Crippen LogP) is 1.22. The van der Waals surface area contributed by atoms with Gasteiger partial charge in [-0.2, -0.15) is 0 Å². The van der Waals surface area contributed by atoms with Crippen molar-refractivity contribution < 1.29 is 4.79 Å². The monoisotopic (exact) mass is 182 g/mol. The number of hydrogen-bond donors (Lipinski definition) is 2. The van der Waals surface area contributed by atoms with Crippen molar-refractivity contribution in [1.29, 1.82) is 0 Å². The van der Waals surface area contributed by atoms with Gasteiger partial charge in [-0.3, -0.25) is 14.5 Å². The molecule has 1 aromatic rings. The molecule has 4 heteroatoms. The molecule has 1 aromatic heterocycles. The summed E-state index contributed by atoms with van der Waals surface area (Å²) in [5.41, 5.74) is 1.51. The summed E-state index contributed by atoms with van der Waals surface area (Å²) in [6.45, 7) is 2.04. The van der Waals surface area contributed by atoms with Crippen LogP contribution in [0, 0.1) is 0 Å². The molecule has 0 aromatic carbocycles. The van der Waals surface area contributed by atoms with Gasteiger partial charge in [0, 0.05) is 6.20 Å². The number of thiol groups is 1. The van der Waals surface area contributed by atoms with Gasteiger partial charge >= 0.3 is 0 Å². The van der Waals surface area contributed by atoms with E-state index < -0.39 is 0 Å². The molecule has 64 valence electrons. The van der Waals surface area contributed by atoms with E-state index in [2.05, 4.69) is 22.5 Å². The Bertz CT molecular complexity index is 271. The first-order valence-electron chi connectivity index (χ1n) is 3.67. The smallest absolute Gasteiger partial charge is 0.279 e. The normalized spacial score (nSPS) is 9.50. The molecular formula is C8H10N2OS. The number of pyridine rings is 1. The summed E-state index contributed by atoms with van der Waals surface area (Å²) >= 11 is 3.64. The lowest BCUT2D eigenvalue weighted by atomic mass is 10.2. The molecule has 1 amide bonds. The van der Waals surface area contributed by atoms with Gasteiger partial charge in [-0.25, -0.2) is 0 Å². The predicted molar refractivity (Wildman–Crippen MR) is 50.1 cm³/mol. The molecule has 0 fully saturated rings. The van der Waals surface area contributed by atoms with Crippen LogP contribution in [0.15, 0.2) is 18.3 Å². The highest BCUT2D eigenvalue weighted by Gasteiger charge is 2.02. The Hall–Kier alpha value is -1.03. The summed E-state index contributed by atoms with van der Waals surface area (Å²) in [5.74, 6) is -0.277. The number of nitrogens with one attached hydrogen (secondary N) is 1. The van der Waals surface area contributed by atoms with Crippen LogP contribution in [0.4, 0.5) is 0 Å². The lowest BCUT2D eigenvalue weighted by Gasteiger charge is -1.98. The van der Waals surface area contributed by atoms with Crippen LogP contribution in [0.3, 0.4) is 0 Å². The van der Waals surface area contributed by atoms with Crippen LogP contribution < -0.4 is 4.72 Å². The van der Waals surface area contributed by atoms with Crippen molar-refractivity contribution >= 4 is 18.7 Å². The van der Waals surface area contributed by atoms with Gasteiger partial charge in [0.05, 0.1) is 0 Å². The van der Waals surface area contributed by atoms with Crippen LogP contribution in [0.5, 0.6) is 0 Å². The maximum absolute atomic E-state index is 11.0. The van der Waals surface area contributed by atoms with Crippen molar-refractivity contribution in [1.82, 2.24) is 9.71 Å². The zero-order valence-corrected chi connectivity index (χ0v) is 7.64. The third-order valence-corrected chi connectivity index (χ3v) is 1.77. The molecule has 0 bridgehead atoms. The summed E-state index contributed by atoms with van der Waals surface area (Å²) in [4.78, 5) is 14.9. The van der Waals surface area contributed by atoms with Crippen molar-refractivity contribution in [2.75, 3.05) is 0 Å². The fourth-order valence-corrected chi connectivity index (χ4v) is 0.940. The fourth-order valence-electron chi connectivity index (χ4n) is 0.825. The number of nitrogens with zero attached hydrogens (tertiary/aromatic N) is 1. The van der Waals surface area contributed by atoms with Gasteiger partial charge in [-0.15, -0.1) is 0 Å². The zero-order valence-electron chi connectivity index (χ0n) is 6.74. The van der Waals surface area contributed by atoms with Gasteiger partial charge < -0.3 is 0 Å². The maximum atomic E-state index is 11.0. The molecule has 1 N–H and O–H groups in total. The summed E-state index contributed by atoms with van der Waals surface area (Å²) in [5, 5.41) is 0. The van der Waals surface area contributed by atoms with E-state index in [1.165, 1.54) is 0 Å². The van der Waals surface area contributed by atoms with Crippen LogP contribution in [0.2, 0.25) is 0 Å². The lowest BCUT2D eigenvalue weighted by Crippen LogP contribution is -2.14. The molecule has 0 saturated carbocycles. The van der Waals surface area contributed by atoms with Crippen molar-refractivity contribution in [2.24, 2.45) is 0 Å². The van der Waals surface area contributed by atoms with Crippen LogP contribution in [0.25, 0.3) is 0 Å². The molecule has 3 nitrogen and oxygen atoms in total. The molecule has 1 rings (SSSR count). The first kappa shape index (κ1) is 9.06. The number of amides is 1. The molecule has 12 heavy (non-hydrogen) atoms. The minimum atomic E-state index is -0.277. The van der Waals surface area contributed by atoms with E-state index in [9.17, 15) is 4.79 Å². The zero-order chi connectivity index (χ0) is 8.97. The second kappa shape index (κ2) is 4.11. The van der Waals surface area contributed by atoms with E-state index >= 15 is 0 Å². The molecule has 0 radical (unpaired) electrons. The van der Waals surface area contributed by atoms with Crippen molar-refractivity contribution in [3.8, 4) is 0 Å². The van der Waals surface area contributed by atoms with Gasteiger partial charge in [0.1, 0.15) is 5.69 Å². The van der Waals surface area contributed by atoms with E-state index in [1.807, 2.05) is 13.0 Å². The molecule has 0 aliphatic heterocycles. The van der Waals surface area contributed by atoms with E-state index in [-0.39, 0.29) is 5.91 Å². The highest BCUT2D eigenvalue weighted by Crippen LogP contribution is 2.00. The van der Waals surface area contributed by atoms with Gasteiger partial charge in [-0.1, -0.05) is 25.8 Å². The lowest BCUT2D eigenvalue weighted by molar-refractivity contribution is 0.0980. The minimum Gasteiger partial charge on any atom is -0.297 e. The summed E-state index contributed by atoms with van der Waals surface area (Å²) in [6.07, 6.45) is 2.62. The summed E-state index contributed by atoms with van der Waals surface area (Å²) in [6, 6.07) is 3.57. The SMILES string of the molecule is CCc1ccc(C(=O)NS)nc1. The van der Waals surface area contributed by atoms with Gasteiger partial charge in [0.15, 0.2) is 0 Å². The Kier molecular flexibility index (Phi) is 3.10. The Morgan fingerprint density at radius 1 is 1.67 bits per heavy atom. The topological polar surface area (TPSA) is 42.0 Å². The molecule has 0 atom stereocenters. The quantitative estimate of drug-likeness (QED) is 0.675. The van der Waals surface area contributed by atoms with Crippen LogP contribution in [-0.4, -0.2) is 10.9 Å². The van der Waals surface area contributed by atoms with Crippen molar-refractivity contribution in [2.45, 2.75) is 13.3 Å². The number of carbonyl (C=O) groups excluding carboxylic acids is 1. The number of aryl methyl sites for hydroxylation is 1. The molecule has 0 saturated heterocycles. The van der Waals surface area contributed by atoms with E-state index in [4.69, 9.17) is 0 Å². The van der Waals surface area contributed by atoms with Crippen molar-refractivity contribution in [3.05, 3.63) is 29.6 Å². The Balaban J connectivity index is 2.84. The third-order valence-electron chi connectivity index (χ3n) is 1.57. The summed E-state index contributed by atoms with van der Waals surface area (Å²) < 4.78 is 2.21. The second-order valence-electron chi connectivity index (χ2n) is 2.35. The molecule has 0 unspecified atom stereocenters. The molecule has 1 heterocycles. The second-order valence-corrected chi connectivity index (χ2v) is 2.57. The maximum Gasteiger partial charge on any atom is 0.279 e. The average molecular weight is 182 g/mol. The minimum absolute atomic E-state index is 0.277. The van der Waals surface area contributed by atoms with Gasteiger partial charge in [0.25, 0.3) is 5.91 Å². The average Bonchev–Trinajstić information content (AvgIpc) is 2.17. The largest absolute Gasteiger partial charge is 0.297 e. The highest BCUT2D eigenvalue weighted by molar-refractivity contribution is 7.78. The molecular weight excluding hydrogens is 172 g/mol. The third kappa shape index (κ3) is 1.98. The number of carbonyl (C=O) groups is 1. The number of rotatable bonds is 2. The van der Waals surface area contributed by atoms with E-state index in [0.29, 0.717) is 5.69 Å². The fraction of sp³-hybridized carbons (Fsp3) is 0.250. The number of aromatic nitrogens is 1. The molecule has 0 aliphatic carbocycles. The Morgan fingerprint density at radius 2 is 2.42 bits per heavy atom. The first-order chi connectivity index (χ1) is 5.77. The highest BCUT2D eigenvalue weighted by atomic mass is 32.1. The number of hydrogen-bond acceptors (Lipinski definition) is 3. The molecule has 0 aliphatic rings.